The number of fused-ring (bicyclic) bond motifs is 12. The van der Waals surface area contributed by atoms with Crippen molar-refractivity contribution in [1.29, 1.82) is 0 Å². The monoisotopic (exact) mass is 571 g/mol. The van der Waals surface area contributed by atoms with Gasteiger partial charge in [-0.3, -0.25) is 4.40 Å². The highest BCUT2D eigenvalue weighted by Crippen LogP contribution is 2.38. The molecule has 0 saturated carbocycles. The quantitative estimate of drug-likeness (QED) is 0.153. The Morgan fingerprint density at radius 3 is 1.91 bits per heavy atom. The van der Waals surface area contributed by atoms with Crippen molar-refractivity contribution in [1.82, 2.24) is 14.4 Å². The lowest BCUT2D eigenvalue weighted by atomic mass is 9.92. The Balaban J connectivity index is 1.19. The zero-order chi connectivity index (χ0) is 29.5. The lowest BCUT2D eigenvalue weighted by Crippen LogP contribution is -1.94. The summed E-state index contributed by atoms with van der Waals surface area (Å²) in [6.45, 7) is 0. The number of aromatic nitrogens is 3. The highest BCUT2D eigenvalue weighted by atomic mass is 15.0. The summed E-state index contributed by atoms with van der Waals surface area (Å²) in [5.74, 6) is 0. The van der Waals surface area contributed by atoms with Crippen molar-refractivity contribution in [3.05, 3.63) is 152 Å². The Morgan fingerprint density at radius 1 is 0.378 bits per heavy atom. The zero-order valence-electron chi connectivity index (χ0n) is 24.3. The minimum atomic E-state index is 0.941. The van der Waals surface area contributed by atoms with E-state index in [2.05, 4.69) is 156 Å². The van der Waals surface area contributed by atoms with Crippen LogP contribution in [0.3, 0.4) is 0 Å². The van der Waals surface area contributed by atoms with Gasteiger partial charge in [0.05, 0.1) is 27.6 Å². The molecular weight excluding hydrogens is 546 g/mol. The van der Waals surface area contributed by atoms with Crippen LogP contribution in [0.2, 0.25) is 0 Å². The summed E-state index contributed by atoms with van der Waals surface area (Å²) in [6, 6.07) is 54.4. The van der Waals surface area contributed by atoms with Crippen LogP contribution in [0.4, 0.5) is 0 Å². The number of pyridine rings is 2. The van der Waals surface area contributed by atoms with Gasteiger partial charge in [0.2, 0.25) is 0 Å². The number of hydrogen-bond acceptors (Lipinski definition) is 2. The molecule has 3 nitrogen and oxygen atoms in total. The average molecular weight is 572 g/mol. The fraction of sp³-hybridized carbons (Fsp3) is 0. The third kappa shape index (κ3) is 3.58. The van der Waals surface area contributed by atoms with Gasteiger partial charge in [-0.1, -0.05) is 109 Å². The largest absolute Gasteiger partial charge is 0.292 e. The van der Waals surface area contributed by atoms with Crippen molar-refractivity contribution in [2.75, 3.05) is 0 Å². The van der Waals surface area contributed by atoms with Crippen molar-refractivity contribution in [3.63, 3.8) is 0 Å². The summed E-state index contributed by atoms with van der Waals surface area (Å²) in [6.07, 6.45) is 0. The number of benzene rings is 7. The summed E-state index contributed by atoms with van der Waals surface area (Å²) in [5, 5.41) is 8.41. The summed E-state index contributed by atoms with van der Waals surface area (Å²) < 4.78 is 2.29. The van der Waals surface area contributed by atoms with Gasteiger partial charge in [-0.15, -0.1) is 0 Å². The van der Waals surface area contributed by atoms with E-state index in [1.165, 1.54) is 38.2 Å². The van der Waals surface area contributed by atoms with Gasteiger partial charge in [-0.2, -0.15) is 0 Å². The van der Waals surface area contributed by atoms with Crippen LogP contribution in [0.5, 0.6) is 0 Å². The molecule has 10 rings (SSSR count). The van der Waals surface area contributed by atoms with E-state index in [1.807, 2.05) is 0 Å². The van der Waals surface area contributed by atoms with E-state index >= 15 is 0 Å². The van der Waals surface area contributed by atoms with E-state index in [9.17, 15) is 0 Å². The molecule has 208 valence electrons. The topological polar surface area (TPSA) is 30.2 Å². The Bertz CT molecular complexity index is 2810. The average Bonchev–Trinajstić information content (AvgIpc) is 3.51. The zero-order valence-corrected chi connectivity index (χ0v) is 24.3. The fourth-order valence-electron chi connectivity index (χ4n) is 7.18. The van der Waals surface area contributed by atoms with Crippen LogP contribution >= 0.6 is 0 Å². The molecule has 0 aliphatic heterocycles. The standard InChI is InChI=1S/C42H25N3/c1-3-11-31-29(9-1)24-34(33-13-5-4-12-32(31)33)27-19-17-26(18-20-27)28-21-22-39-35(23-28)41-36(25-30-10-2-6-14-37(30)43-41)42-44-38-15-7-8-16-40(38)45(39)42/h1-25H. The molecule has 0 atom stereocenters. The molecule has 0 fully saturated rings. The third-order valence-corrected chi connectivity index (χ3v) is 9.32. The van der Waals surface area contributed by atoms with Gasteiger partial charge in [-0.25, -0.2) is 9.97 Å². The van der Waals surface area contributed by atoms with Gasteiger partial charge in [0.15, 0.2) is 0 Å². The fourth-order valence-corrected chi connectivity index (χ4v) is 7.18. The summed E-state index contributed by atoms with van der Waals surface area (Å²) in [5.41, 5.74) is 10.9. The van der Waals surface area contributed by atoms with Crippen molar-refractivity contribution in [3.8, 4) is 22.3 Å². The summed E-state index contributed by atoms with van der Waals surface area (Å²) in [7, 11) is 0. The molecule has 3 aromatic heterocycles. The van der Waals surface area contributed by atoms with E-state index in [0.29, 0.717) is 0 Å². The van der Waals surface area contributed by atoms with Crippen LogP contribution in [0.15, 0.2) is 152 Å². The first-order chi connectivity index (χ1) is 22.3. The maximum Gasteiger partial charge on any atom is 0.147 e. The molecule has 0 bridgehead atoms. The number of imidazole rings is 1. The van der Waals surface area contributed by atoms with Gasteiger partial charge in [0, 0.05) is 16.2 Å². The molecule has 0 N–H and O–H groups in total. The Morgan fingerprint density at radius 2 is 1.04 bits per heavy atom. The molecule has 0 aliphatic carbocycles. The highest BCUT2D eigenvalue weighted by molar-refractivity contribution is 6.16. The van der Waals surface area contributed by atoms with Crippen LogP contribution in [0, 0.1) is 0 Å². The molecule has 3 heterocycles. The van der Waals surface area contributed by atoms with E-state index < -0.39 is 0 Å². The van der Waals surface area contributed by atoms with Crippen LogP contribution in [0.1, 0.15) is 0 Å². The first-order valence-electron chi connectivity index (χ1n) is 15.3. The second-order valence-corrected chi connectivity index (χ2v) is 11.8. The predicted molar refractivity (Wildman–Crippen MR) is 189 cm³/mol. The van der Waals surface area contributed by atoms with Crippen LogP contribution in [-0.4, -0.2) is 14.4 Å². The first-order valence-corrected chi connectivity index (χ1v) is 15.3. The lowest BCUT2D eigenvalue weighted by molar-refractivity contribution is 1.31. The highest BCUT2D eigenvalue weighted by Gasteiger charge is 2.16. The molecule has 0 unspecified atom stereocenters. The van der Waals surface area contributed by atoms with Crippen LogP contribution in [-0.2, 0) is 0 Å². The molecule has 0 spiro atoms. The SMILES string of the molecule is c1ccc2nc3c4cc(-c5ccc(-c6cc7ccccc7c7ccccc67)cc5)ccc4n4c5ccccc5nc4c3cc2c1. The number of hydrogen-bond donors (Lipinski definition) is 0. The lowest BCUT2D eigenvalue weighted by Gasteiger charge is -2.13. The van der Waals surface area contributed by atoms with E-state index in [4.69, 9.17) is 9.97 Å². The summed E-state index contributed by atoms with van der Waals surface area (Å²) >= 11 is 0. The number of para-hydroxylation sites is 3. The predicted octanol–water partition coefficient (Wildman–Crippen LogP) is 11.0. The molecule has 0 amide bonds. The van der Waals surface area contributed by atoms with E-state index in [1.54, 1.807) is 0 Å². The maximum atomic E-state index is 5.22. The van der Waals surface area contributed by atoms with Crippen LogP contribution < -0.4 is 0 Å². The van der Waals surface area contributed by atoms with Gasteiger partial charge >= 0.3 is 0 Å². The van der Waals surface area contributed by atoms with E-state index in [-0.39, 0.29) is 0 Å². The molecule has 45 heavy (non-hydrogen) atoms. The van der Waals surface area contributed by atoms with Crippen molar-refractivity contribution in [2.24, 2.45) is 0 Å². The first kappa shape index (κ1) is 24.4. The Labute approximate surface area is 258 Å². The maximum absolute atomic E-state index is 5.22. The summed E-state index contributed by atoms with van der Waals surface area (Å²) in [4.78, 5) is 10.3. The smallest absolute Gasteiger partial charge is 0.147 e. The van der Waals surface area contributed by atoms with E-state index in [0.717, 1.165) is 55.0 Å². The molecule has 7 aromatic carbocycles. The second-order valence-electron chi connectivity index (χ2n) is 11.8. The molecular formula is C42H25N3. The number of rotatable bonds is 2. The van der Waals surface area contributed by atoms with Gasteiger partial charge in [0.1, 0.15) is 5.65 Å². The number of nitrogens with zero attached hydrogens (tertiary/aromatic N) is 3. The molecule has 10 aromatic rings. The Kier molecular flexibility index (Phi) is 5.00. The molecule has 3 heteroatoms. The van der Waals surface area contributed by atoms with Gasteiger partial charge in [0.25, 0.3) is 0 Å². The molecule has 0 saturated heterocycles. The molecule has 0 aliphatic rings. The van der Waals surface area contributed by atoms with Crippen LogP contribution in [0.25, 0.3) is 93.2 Å². The van der Waals surface area contributed by atoms with Crippen molar-refractivity contribution in [2.45, 2.75) is 0 Å². The molecule has 0 radical (unpaired) electrons. The normalized spacial score (nSPS) is 12.0. The minimum absolute atomic E-state index is 0.941. The second kappa shape index (κ2) is 9.22. The Hall–Kier alpha value is -6.06. The minimum Gasteiger partial charge on any atom is -0.292 e. The van der Waals surface area contributed by atoms with Crippen molar-refractivity contribution >= 4 is 70.9 Å². The van der Waals surface area contributed by atoms with Gasteiger partial charge < -0.3 is 0 Å². The third-order valence-electron chi connectivity index (χ3n) is 9.32. The van der Waals surface area contributed by atoms with Gasteiger partial charge in [-0.05, 0) is 86.3 Å². The van der Waals surface area contributed by atoms with Crippen molar-refractivity contribution < 1.29 is 0 Å².